The fraction of sp³-hybridized carbons (Fsp3) is 0.389. The molecule has 1 aromatic heterocycles. The molecule has 24 heavy (non-hydrogen) atoms. The van der Waals surface area contributed by atoms with Gasteiger partial charge in [0.15, 0.2) is 0 Å². The second-order valence-electron chi connectivity index (χ2n) is 5.89. The molecular formula is C18H21N3O3. The van der Waals surface area contributed by atoms with Crippen LogP contribution in [0.4, 0.5) is 0 Å². The molecular weight excluding hydrogens is 306 g/mol. The van der Waals surface area contributed by atoms with Gasteiger partial charge in [0.2, 0.25) is 5.91 Å². The van der Waals surface area contributed by atoms with Crippen molar-refractivity contribution in [3.05, 3.63) is 57.3 Å². The summed E-state index contributed by atoms with van der Waals surface area (Å²) in [5, 5.41) is 0. The lowest BCUT2D eigenvalue weighted by atomic mass is 10.1. The van der Waals surface area contributed by atoms with Crippen molar-refractivity contribution in [1.82, 2.24) is 14.9 Å². The van der Waals surface area contributed by atoms with Gasteiger partial charge in [-0.3, -0.25) is 9.59 Å². The number of hydrogen-bond acceptors (Lipinski definition) is 4. The van der Waals surface area contributed by atoms with E-state index in [2.05, 4.69) is 9.97 Å². The van der Waals surface area contributed by atoms with Crippen LogP contribution in [-0.2, 0) is 24.2 Å². The summed E-state index contributed by atoms with van der Waals surface area (Å²) in [5.41, 5.74) is 2.29. The van der Waals surface area contributed by atoms with E-state index in [9.17, 15) is 9.59 Å². The molecule has 2 heterocycles. The first-order valence-electron chi connectivity index (χ1n) is 8.12. The number of benzene rings is 1. The number of carbonyl (C=O) groups excluding carboxylic acids is 1. The first kappa shape index (κ1) is 16.2. The van der Waals surface area contributed by atoms with Crippen molar-refractivity contribution in [3.8, 4) is 5.75 Å². The number of nitrogens with zero attached hydrogens (tertiary/aromatic N) is 2. The van der Waals surface area contributed by atoms with E-state index in [1.54, 1.807) is 12.0 Å². The predicted octanol–water partition coefficient (Wildman–Crippen LogP) is 1.66. The summed E-state index contributed by atoms with van der Waals surface area (Å²) in [6.07, 6.45) is 1.61. The van der Waals surface area contributed by atoms with E-state index in [0.29, 0.717) is 43.7 Å². The van der Waals surface area contributed by atoms with Crippen molar-refractivity contribution < 1.29 is 9.53 Å². The minimum absolute atomic E-state index is 0.0699. The summed E-state index contributed by atoms with van der Waals surface area (Å²) in [6.45, 7) is 2.80. The number of carbonyl (C=O) groups is 1. The fourth-order valence-corrected chi connectivity index (χ4v) is 2.97. The van der Waals surface area contributed by atoms with Crippen LogP contribution in [0, 0.1) is 0 Å². The highest BCUT2D eigenvalue weighted by atomic mass is 16.5. The van der Waals surface area contributed by atoms with Gasteiger partial charge in [0.25, 0.3) is 5.56 Å². The molecule has 3 rings (SSSR count). The molecule has 1 aromatic carbocycles. The Labute approximate surface area is 140 Å². The predicted molar refractivity (Wildman–Crippen MR) is 90.1 cm³/mol. The van der Waals surface area contributed by atoms with Gasteiger partial charge < -0.3 is 14.6 Å². The Kier molecular flexibility index (Phi) is 4.64. The van der Waals surface area contributed by atoms with Crippen molar-refractivity contribution in [3.63, 3.8) is 0 Å². The molecule has 0 saturated heterocycles. The van der Waals surface area contributed by atoms with Crippen LogP contribution in [-0.4, -0.2) is 34.4 Å². The van der Waals surface area contributed by atoms with Crippen LogP contribution in [0.1, 0.15) is 36.0 Å². The highest BCUT2D eigenvalue weighted by molar-refractivity contribution is 5.76. The summed E-state index contributed by atoms with van der Waals surface area (Å²) in [5.74, 6) is 1.49. The molecule has 1 N–H and O–H groups in total. The van der Waals surface area contributed by atoms with Crippen LogP contribution in [0.5, 0.6) is 5.75 Å². The van der Waals surface area contributed by atoms with Crippen molar-refractivity contribution in [1.29, 1.82) is 0 Å². The zero-order valence-electron chi connectivity index (χ0n) is 14.0. The zero-order chi connectivity index (χ0) is 17.1. The van der Waals surface area contributed by atoms with Crippen LogP contribution in [0.15, 0.2) is 29.1 Å². The van der Waals surface area contributed by atoms with Crippen LogP contribution < -0.4 is 10.3 Å². The van der Waals surface area contributed by atoms with Crippen molar-refractivity contribution in [2.45, 2.75) is 32.7 Å². The summed E-state index contributed by atoms with van der Waals surface area (Å²) in [4.78, 5) is 33.4. The van der Waals surface area contributed by atoms with Gasteiger partial charge in [-0.1, -0.05) is 19.1 Å². The molecule has 1 aliphatic heterocycles. The number of rotatable bonds is 4. The van der Waals surface area contributed by atoms with Crippen LogP contribution in [0.3, 0.4) is 0 Å². The zero-order valence-corrected chi connectivity index (χ0v) is 14.0. The molecule has 0 unspecified atom stereocenters. The van der Waals surface area contributed by atoms with Gasteiger partial charge in [0.1, 0.15) is 11.6 Å². The van der Waals surface area contributed by atoms with Gasteiger partial charge >= 0.3 is 0 Å². The Balaban J connectivity index is 1.84. The number of aromatic amines is 1. The maximum Gasteiger partial charge on any atom is 0.256 e. The highest BCUT2D eigenvalue weighted by Crippen LogP contribution is 2.17. The molecule has 0 aliphatic carbocycles. The molecule has 1 aliphatic rings. The summed E-state index contributed by atoms with van der Waals surface area (Å²) < 4.78 is 5.22. The Hall–Kier alpha value is -2.63. The smallest absolute Gasteiger partial charge is 0.256 e. The normalized spacial score (nSPS) is 13.5. The van der Waals surface area contributed by atoms with E-state index in [4.69, 9.17) is 4.74 Å². The van der Waals surface area contributed by atoms with Crippen molar-refractivity contribution in [2.24, 2.45) is 0 Å². The van der Waals surface area contributed by atoms with Gasteiger partial charge in [0, 0.05) is 25.8 Å². The number of hydrogen-bond donors (Lipinski definition) is 1. The third kappa shape index (κ3) is 3.32. The molecule has 2 aromatic rings. The second kappa shape index (κ2) is 6.86. The average Bonchev–Trinajstić information content (AvgIpc) is 2.61. The number of amides is 1. The summed E-state index contributed by atoms with van der Waals surface area (Å²) >= 11 is 0. The monoisotopic (exact) mass is 327 g/mol. The molecule has 6 nitrogen and oxygen atoms in total. The molecule has 1 amide bonds. The van der Waals surface area contributed by atoms with E-state index in [0.717, 1.165) is 17.0 Å². The Bertz CT molecular complexity index is 813. The minimum atomic E-state index is -0.147. The summed E-state index contributed by atoms with van der Waals surface area (Å²) in [7, 11) is 1.63. The van der Waals surface area contributed by atoms with Crippen molar-refractivity contribution in [2.75, 3.05) is 13.7 Å². The minimum Gasteiger partial charge on any atom is -0.497 e. The number of nitrogens with one attached hydrogen (secondary N) is 1. The van der Waals surface area contributed by atoms with Crippen LogP contribution >= 0.6 is 0 Å². The van der Waals surface area contributed by atoms with Crippen LogP contribution in [0.2, 0.25) is 0 Å². The molecule has 0 atom stereocenters. The Morgan fingerprint density at radius 1 is 1.42 bits per heavy atom. The molecule has 0 radical (unpaired) electrons. The first-order chi connectivity index (χ1) is 11.6. The molecule has 0 fully saturated rings. The van der Waals surface area contributed by atoms with E-state index >= 15 is 0 Å². The van der Waals surface area contributed by atoms with E-state index in [1.165, 1.54) is 0 Å². The van der Waals surface area contributed by atoms with Gasteiger partial charge in [-0.15, -0.1) is 0 Å². The molecule has 126 valence electrons. The number of aromatic nitrogens is 2. The third-order valence-corrected chi connectivity index (χ3v) is 4.28. The highest BCUT2D eigenvalue weighted by Gasteiger charge is 2.23. The maximum atomic E-state index is 12.4. The van der Waals surface area contributed by atoms with Gasteiger partial charge in [0.05, 0.1) is 24.9 Å². The van der Waals surface area contributed by atoms with Crippen LogP contribution in [0.25, 0.3) is 0 Å². The lowest BCUT2D eigenvalue weighted by Gasteiger charge is -2.27. The van der Waals surface area contributed by atoms with Gasteiger partial charge in [-0.25, -0.2) is 4.98 Å². The summed E-state index contributed by atoms with van der Waals surface area (Å²) in [6, 6.07) is 7.70. The SMILES string of the molecule is CCC(=O)N1CCc2nc(Cc3cccc(OC)c3)[nH]c(=O)c2C1. The fourth-order valence-electron chi connectivity index (χ4n) is 2.97. The molecule has 0 saturated carbocycles. The van der Waals surface area contributed by atoms with E-state index in [-0.39, 0.29) is 11.5 Å². The Morgan fingerprint density at radius 2 is 2.25 bits per heavy atom. The van der Waals surface area contributed by atoms with E-state index in [1.807, 2.05) is 31.2 Å². The standard InChI is InChI=1S/C18H21N3O3/c1-3-17(22)21-8-7-15-14(11-21)18(23)20-16(19-15)10-12-5-4-6-13(9-12)24-2/h4-6,9H,3,7-8,10-11H2,1-2H3,(H,19,20,23). The maximum absolute atomic E-state index is 12.4. The van der Waals surface area contributed by atoms with Gasteiger partial charge in [-0.05, 0) is 17.7 Å². The number of H-pyrrole nitrogens is 1. The number of fused-ring (bicyclic) bond motifs is 1. The number of ether oxygens (including phenoxy) is 1. The lowest BCUT2D eigenvalue weighted by molar-refractivity contribution is -0.131. The van der Waals surface area contributed by atoms with Gasteiger partial charge in [-0.2, -0.15) is 0 Å². The number of methoxy groups -OCH3 is 1. The van der Waals surface area contributed by atoms with Crippen molar-refractivity contribution >= 4 is 5.91 Å². The average molecular weight is 327 g/mol. The topological polar surface area (TPSA) is 75.3 Å². The third-order valence-electron chi connectivity index (χ3n) is 4.28. The lowest BCUT2D eigenvalue weighted by Crippen LogP contribution is -2.39. The molecule has 0 spiro atoms. The second-order valence-corrected chi connectivity index (χ2v) is 5.89. The quantitative estimate of drug-likeness (QED) is 0.927. The Morgan fingerprint density at radius 3 is 3.00 bits per heavy atom. The van der Waals surface area contributed by atoms with E-state index < -0.39 is 0 Å². The molecule has 0 bridgehead atoms. The largest absolute Gasteiger partial charge is 0.497 e. The molecule has 6 heteroatoms. The first-order valence-corrected chi connectivity index (χ1v) is 8.12.